The molecule has 1 fully saturated rings. The largest absolute Gasteiger partial charge is 0.274 e. The van der Waals surface area contributed by atoms with Crippen LogP contribution in [0.1, 0.15) is 18.4 Å². The second-order valence-corrected chi connectivity index (χ2v) is 10.8. The van der Waals surface area contributed by atoms with Crippen LogP contribution in [0.25, 0.3) is 0 Å². The lowest BCUT2D eigenvalue weighted by atomic mass is 10.2. The van der Waals surface area contributed by atoms with Crippen molar-refractivity contribution in [3.8, 4) is 0 Å². The van der Waals surface area contributed by atoms with E-state index in [1.54, 1.807) is 12.1 Å². The van der Waals surface area contributed by atoms with Crippen molar-refractivity contribution in [1.82, 2.24) is 10.2 Å². The lowest BCUT2D eigenvalue weighted by Gasteiger charge is -2.14. The van der Waals surface area contributed by atoms with Crippen molar-refractivity contribution in [1.29, 1.82) is 0 Å². The zero-order valence-corrected chi connectivity index (χ0v) is 19.0. The van der Waals surface area contributed by atoms with Crippen molar-refractivity contribution in [3.63, 3.8) is 0 Å². The van der Waals surface area contributed by atoms with E-state index in [1.807, 2.05) is 12.1 Å². The molecule has 4 rings (SSSR count). The molecule has 0 aliphatic carbocycles. The molecular formula is C19H15ClN4O4S3. The highest BCUT2D eigenvalue weighted by Gasteiger charge is 2.30. The summed E-state index contributed by atoms with van der Waals surface area (Å²) < 4.78 is 28.3. The Morgan fingerprint density at radius 1 is 1.00 bits per heavy atom. The van der Waals surface area contributed by atoms with Crippen molar-refractivity contribution in [2.75, 3.05) is 9.62 Å². The Bertz CT molecular complexity index is 1210. The number of sulfonamides is 1. The zero-order valence-electron chi connectivity index (χ0n) is 15.8. The third-order valence-electron chi connectivity index (χ3n) is 4.36. The number of nitrogens with one attached hydrogen (secondary N) is 1. The van der Waals surface area contributed by atoms with Crippen LogP contribution in [0.4, 0.5) is 10.8 Å². The number of benzene rings is 2. The average Bonchev–Trinajstić information content (AvgIpc) is 3.33. The van der Waals surface area contributed by atoms with E-state index in [9.17, 15) is 18.0 Å². The number of hydrogen-bond acceptors (Lipinski definition) is 8. The molecule has 1 aliphatic rings. The van der Waals surface area contributed by atoms with Crippen molar-refractivity contribution < 1.29 is 18.0 Å². The molecule has 0 unspecified atom stereocenters. The molecule has 0 saturated carbocycles. The Kier molecular flexibility index (Phi) is 6.28. The van der Waals surface area contributed by atoms with Crippen LogP contribution in [-0.4, -0.2) is 30.4 Å². The first-order valence-electron chi connectivity index (χ1n) is 9.01. The highest BCUT2D eigenvalue weighted by atomic mass is 35.5. The van der Waals surface area contributed by atoms with Gasteiger partial charge in [0, 0.05) is 23.6 Å². The maximum absolute atomic E-state index is 12.6. The lowest BCUT2D eigenvalue weighted by molar-refractivity contribution is -0.121. The monoisotopic (exact) mass is 494 g/mol. The standard InChI is InChI=1S/C19H15ClN4O4S3/c20-13-3-1-12(2-4-13)11-29-19-22-21-18(30-19)23-31(27,28)15-7-5-14(6-8-15)24-16(25)9-10-17(24)26/h1-8H,9-11H2,(H,21,23). The minimum absolute atomic E-state index is 0.0130. The van der Waals surface area contributed by atoms with E-state index < -0.39 is 10.0 Å². The lowest BCUT2D eigenvalue weighted by Crippen LogP contribution is -2.28. The topological polar surface area (TPSA) is 109 Å². The summed E-state index contributed by atoms with van der Waals surface area (Å²) in [6.45, 7) is 0. The summed E-state index contributed by atoms with van der Waals surface area (Å²) in [5.41, 5.74) is 1.41. The Hall–Kier alpha value is -2.47. The van der Waals surface area contributed by atoms with Crippen molar-refractivity contribution in [2.45, 2.75) is 27.8 Å². The van der Waals surface area contributed by atoms with Crippen molar-refractivity contribution in [3.05, 3.63) is 59.1 Å². The molecule has 0 spiro atoms. The first-order valence-corrected chi connectivity index (χ1v) is 12.7. The smallest absolute Gasteiger partial charge is 0.263 e. The molecular weight excluding hydrogens is 480 g/mol. The number of carbonyl (C=O) groups is 2. The average molecular weight is 495 g/mol. The first kappa shape index (κ1) is 21.8. The Labute approximate surface area is 191 Å². The van der Waals surface area contributed by atoms with Crippen LogP contribution in [0, 0.1) is 0 Å². The number of aromatic nitrogens is 2. The number of imide groups is 1. The number of thioether (sulfide) groups is 1. The molecule has 0 radical (unpaired) electrons. The van der Waals surface area contributed by atoms with Crippen LogP contribution in [0.3, 0.4) is 0 Å². The summed E-state index contributed by atoms with van der Waals surface area (Å²) in [4.78, 5) is 24.7. The van der Waals surface area contributed by atoms with Gasteiger partial charge in [0.25, 0.3) is 10.0 Å². The van der Waals surface area contributed by atoms with E-state index in [2.05, 4.69) is 14.9 Å². The Morgan fingerprint density at radius 2 is 1.65 bits per heavy atom. The van der Waals surface area contributed by atoms with Gasteiger partial charge in [-0.3, -0.25) is 19.2 Å². The number of nitrogens with zero attached hydrogens (tertiary/aromatic N) is 3. The molecule has 3 aromatic rings. The maximum Gasteiger partial charge on any atom is 0.263 e. The number of rotatable bonds is 7. The number of carbonyl (C=O) groups excluding carboxylic acids is 2. The van der Waals surface area contributed by atoms with E-state index in [1.165, 1.54) is 36.0 Å². The molecule has 31 heavy (non-hydrogen) atoms. The van der Waals surface area contributed by atoms with Crippen molar-refractivity contribution in [2.24, 2.45) is 0 Å². The third-order valence-corrected chi connectivity index (χ3v) is 8.14. The Balaban J connectivity index is 1.41. The number of anilines is 2. The van der Waals surface area contributed by atoms with E-state index in [0.717, 1.165) is 21.8 Å². The summed E-state index contributed by atoms with van der Waals surface area (Å²) in [6, 6.07) is 13.0. The summed E-state index contributed by atoms with van der Waals surface area (Å²) in [7, 11) is -3.89. The number of amides is 2. The fourth-order valence-electron chi connectivity index (χ4n) is 2.85. The predicted octanol–water partition coefficient (Wildman–Crippen LogP) is 3.94. The van der Waals surface area contributed by atoms with Gasteiger partial charge in [-0.2, -0.15) is 0 Å². The highest BCUT2D eigenvalue weighted by Crippen LogP contribution is 2.30. The van der Waals surface area contributed by atoms with Gasteiger partial charge in [0.2, 0.25) is 16.9 Å². The van der Waals surface area contributed by atoms with Crippen LogP contribution < -0.4 is 9.62 Å². The summed E-state index contributed by atoms with van der Waals surface area (Å²) in [5.74, 6) is 0.0565. The van der Waals surface area contributed by atoms with Crippen LogP contribution >= 0.6 is 34.7 Å². The summed E-state index contributed by atoms with van der Waals surface area (Å²) in [5, 5.41) is 8.71. The normalized spacial score (nSPS) is 14.3. The van der Waals surface area contributed by atoms with E-state index >= 15 is 0 Å². The van der Waals surface area contributed by atoms with Crippen LogP contribution in [0.5, 0.6) is 0 Å². The van der Waals surface area contributed by atoms with Gasteiger partial charge in [0.15, 0.2) is 4.34 Å². The van der Waals surface area contributed by atoms with Crippen LogP contribution in [0.15, 0.2) is 57.8 Å². The second-order valence-electron chi connectivity index (χ2n) is 6.51. The van der Waals surface area contributed by atoms with E-state index in [0.29, 0.717) is 20.8 Å². The van der Waals surface area contributed by atoms with Gasteiger partial charge in [0.05, 0.1) is 10.6 Å². The molecule has 2 amide bonds. The Morgan fingerprint density at radius 3 is 2.29 bits per heavy atom. The molecule has 0 atom stereocenters. The van der Waals surface area contributed by atoms with Gasteiger partial charge in [-0.05, 0) is 42.0 Å². The molecule has 1 aromatic heterocycles. The van der Waals surface area contributed by atoms with Gasteiger partial charge < -0.3 is 0 Å². The van der Waals surface area contributed by atoms with Crippen LogP contribution in [0.2, 0.25) is 5.02 Å². The second kappa shape index (κ2) is 8.95. The van der Waals surface area contributed by atoms with Gasteiger partial charge in [0.1, 0.15) is 0 Å². The van der Waals surface area contributed by atoms with Crippen molar-refractivity contribution >= 4 is 67.4 Å². The molecule has 2 heterocycles. The van der Waals surface area contributed by atoms with Gasteiger partial charge in [-0.1, -0.05) is 46.8 Å². The van der Waals surface area contributed by atoms with E-state index in [4.69, 9.17) is 11.6 Å². The fourth-order valence-corrected chi connectivity index (χ4v) is 5.91. The van der Waals surface area contributed by atoms with Crippen LogP contribution in [-0.2, 0) is 25.4 Å². The minimum atomic E-state index is -3.89. The van der Waals surface area contributed by atoms with Gasteiger partial charge in [-0.15, -0.1) is 10.2 Å². The third kappa shape index (κ3) is 5.06. The summed E-state index contributed by atoms with van der Waals surface area (Å²) in [6.07, 6.45) is 0.325. The molecule has 160 valence electrons. The first-order chi connectivity index (χ1) is 14.8. The molecule has 8 nitrogen and oxygen atoms in total. The number of halogens is 1. The van der Waals surface area contributed by atoms with E-state index in [-0.39, 0.29) is 34.7 Å². The number of hydrogen-bond donors (Lipinski definition) is 1. The quantitative estimate of drug-likeness (QED) is 0.391. The predicted molar refractivity (Wildman–Crippen MR) is 120 cm³/mol. The molecule has 12 heteroatoms. The minimum Gasteiger partial charge on any atom is -0.274 e. The summed E-state index contributed by atoms with van der Waals surface area (Å²) >= 11 is 8.44. The zero-order chi connectivity index (χ0) is 22.0. The molecule has 2 aromatic carbocycles. The maximum atomic E-state index is 12.6. The SMILES string of the molecule is O=C1CCC(=O)N1c1ccc(S(=O)(=O)Nc2nnc(SCc3ccc(Cl)cc3)s2)cc1. The molecule has 1 aliphatic heterocycles. The van der Waals surface area contributed by atoms with Gasteiger partial charge >= 0.3 is 0 Å². The van der Waals surface area contributed by atoms with Gasteiger partial charge in [-0.25, -0.2) is 8.42 Å². The highest BCUT2D eigenvalue weighted by molar-refractivity contribution is 8.00. The fraction of sp³-hybridized carbons (Fsp3) is 0.158. The molecule has 0 bridgehead atoms. The molecule has 1 saturated heterocycles. The molecule has 1 N–H and O–H groups in total.